The van der Waals surface area contributed by atoms with Gasteiger partial charge in [-0.15, -0.1) is 11.3 Å². The number of rotatable bonds is 2. The Morgan fingerprint density at radius 3 is 2.38 bits per heavy atom. The zero-order chi connectivity index (χ0) is 31.1. The van der Waals surface area contributed by atoms with Crippen LogP contribution in [0.5, 0.6) is 0 Å². The van der Waals surface area contributed by atoms with Gasteiger partial charge in [0.2, 0.25) is 17.7 Å². The lowest BCUT2D eigenvalue weighted by Crippen LogP contribution is -2.56. The second kappa shape index (κ2) is 13.1. The lowest BCUT2D eigenvalue weighted by Gasteiger charge is -2.37. The van der Waals surface area contributed by atoms with E-state index in [1.165, 1.54) is 0 Å². The van der Waals surface area contributed by atoms with Crippen LogP contribution < -0.4 is 10.6 Å². The number of hydrogen-bond acceptors (Lipinski definition) is 9. The summed E-state index contributed by atoms with van der Waals surface area (Å²) >= 11 is 1.65. The number of thiazole rings is 1. The molecule has 0 unspecified atom stereocenters. The summed E-state index contributed by atoms with van der Waals surface area (Å²) in [6.07, 6.45) is 4.44. The fourth-order valence-corrected chi connectivity index (χ4v) is 9.03. The summed E-state index contributed by atoms with van der Waals surface area (Å²) in [5.74, 6) is -0.111. The fraction of sp³-hybridized carbons (Fsp3) is 0.774. The van der Waals surface area contributed by atoms with Crippen LogP contribution in [-0.2, 0) is 30.3 Å². The fourth-order valence-electron chi connectivity index (χ4n) is 7.92. The van der Waals surface area contributed by atoms with Crippen LogP contribution >= 0.6 is 11.3 Å². The quantitative estimate of drug-likeness (QED) is 0.475. The van der Waals surface area contributed by atoms with Crippen molar-refractivity contribution in [2.75, 3.05) is 65.7 Å². The molecule has 0 aromatic carbocycles. The van der Waals surface area contributed by atoms with Crippen LogP contribution in [0.15, 0.2) is 0 Å². The van der Waals surface area contributed by atoms with Crippen molar-refractivity contribution >= 4 is 35.1 Å². The Morgan fingerprint density at radius 1 is 0.889 bits per heavy atom. The first-order chi connectivity index (χ1) is 21.8. The number of likely N-dealkylation sites (tertiary alicyclic amines) is 1. The molecule has 5 amide bonds. The molecule has 1 aromatic rings. The molecule has 246 valence electrons. The molecule has 45 heavy (non-hydrogen) atoms. The molecule has 14 heteroatoms. The Balaban J connectivity index is 1.19. The van der Waals surface area contributed by atoms with Gasteiger partial charge in [-0.3, -0.25) is 14.4 Å². The Bertz CT molecular complexity index is 1290. The summed E-state index contributed by atoms with van der Waals surface area (Å²) in [5.41, 5.74) is 0.783. The van der Waals surface area contributed by atoms with Gasteiger partial charge in [0.15, 0.2) is 0 Å². The van der Waals surface area contributed by atoms with Gasteiger partial charge in [0.05, 0.1) is 30.3 Å². The van der Waals surface area contributed by atoms with E-state index >= 15 is 0 Å². The van der Waals surface area contributed by atoms with E-state index in [1.807, 2.05) is 11.8 Å². The molecule has 7 aliphatic heterocycles. The predicted molar refractivity (Wildman–Crippen MR) is 165 cm³/mol. The van der Waals surface area contributed by atoms with Crippen molar-refractivity contribution < 1.29 is 28.7 Å². The van der Waals surface area contributed by atoms with Crippen molar-refractivity contribution in [3.8, 4) is 0 Å². The highest BCUT2D eigenvalue weighted by atomic mass is 32.1. The third-order valence-electron chi connectivity index (χ3n) is 10.4. The molecule has 1 aromatic heterocycles. The Kier molecular flexibility index (Phi) is 8.99. The zero-order valence-electron chi connectivity index (χ0n) is 26.1. The SMILES string of the molecule is Cc1sc2nc1CC(=O)N[C@@H]1C[C@@H](C(=O)N3C[C@@H](NC4CCOCC4)C[C@H]3C(=O)N3CCC2CC3)N(C(=O)N2CCOCC2)C1. The summed E-state index contributed by atoms with van der Waals surface area (Å²) in [4.78, 5) is 68.9. The highest BCUT2D eigenvalue weighted by Crippen LogP contribution is 2.35. The largest absolute Gasteiger partial charge is 0.381 e. The van der Waals surface area contributed by atoms with Gasteiger partial charge in [0.1, 0.15) is 12.1 Å². The molecular weight excluding hydrogens is 598 g/mol. The Labute approximate surface area is 267 Å². The summed E-state index contributed by atoms with van der Waals surface area (Å²) in [6, 6.07) is -1.69. The third kappa shape index (κ3) is 6.43. The van der Waals surface area contributed by atoms with Crippen LogP contribution in [0, 0.1) is 6.92 Å². The number of morpholine rings is 1. The number of hydrogen-bond donors (Lipinski definition) is 2. The number of amides is 5. The minimum Gasteiger partial charge on any atom is -0.381 e. The Morgan fingerprint density at radius 2 is 1.62 bits per heavy atom. The summed E-state index contributed by atoms with van der Waals surface area (Å²) in [6.45, 7) is 7.11. The van der Waals surface area contributed by atoms with Gasteiger partial charge >= 0.3 is 6.03 Å². The molecule has 0 saturated carbocycles. The van der Waals surface area contributed by atoms with Gasteiger partial charge in [-0.05, 0) is 45.4 Å². The highest BCUT2D eigenvalue weighted by molar-refractivity contribution is 7.11. The second-order valence-corrected chi connectivity index (χ2v) is 14.6. The van der Waals surface area contributed by atoms with E-state index in [0.717, 1.165) is 41.3 Å². The van der Waals surface area contributed by atoms with Gasteiger partial charge in [0, 0.05) is 81.4 Å². The first-order valence-corrected chi connectivity index (χ1v) is 17.5. The van der Waals surface area contributed by atoms with Gasteiger partial charge in [-0.25, -0.2) is 9.78 Å². The molecule has 13 nitrogen and oxygen atoms in total. The van der Waals surface area contributed by atoms with Crippen molar-refractivity contribution in [3.63, 3.8) is 0 Å². The number of ether oxygens (including phenoxy) is 2. The predicted octanol–water partition coefficient (Wildman–Crippen LogP) is 0.463. The van der Waals surface area contributed by atoms with Crippen molar-refractivity contribution in [2.24, 2.45) is 0 Å². The van der Waals surface area contributed by atoms with Crippen molar-refractivity contribution in [1.82, 2.24) is 35.2 Å². The first-order valence-electron chi connectivity index (χ1n) is 16.7. The molecule has 7 aliphatic rings. The number of fused-ring (bicyclic) bond motifs is 4. The molecule has 5 saturated heterocycles. The van der Waals surface area contributed by atoms with E-state index in [0.29, 0.717) is 72.0 Å². The van der Waals surface area contributed by atoms with Crippen LogP contribution in [-0.4, -0.2) is 144 Å². The lowest BCUT2D eigenvalue weighted by atomic mass is 9.96. The van der Waals surface area contributed by atoms with Crippen molar-refractivity contribution in [1.29, 1.82) is 0 Å². The molecule has 8 heterocycles. The van der Waals surface area contributed by atoms with Crippen molar-refractivity contribution in [3.05, 3.63) is 15.6 Å². The standard InChI is InChI=1S/C31H45N7O6S/c1-19-24-16-27(39)33-23-15-26(38(18-23)31(42)36-8-12-44-13-9-36)30(41)37-17-22(32-21-4-10-43-11-5-21)14-25(37)29(40)35-6-2-20(3-7-35)28(34-24)45-19/h20-23,25-26,32H,2-18H2,1H3,(H,33,39)/t22-,23+,25-,26-/m0/s1. The zero-order valence-corrected chi connectivity index (χ0v) is 26.9. The smallest absolute Gasteiger partial charge is 0.320 e. The molecule has 2 N–H and O–H groups in total. The van der Waals surface area contributed by atoms with Crippen LogP contribution in [0.1, 0.15) is 60.0 Å². The number of carbonyl (C=O) groups is 4. The van der Waals surface area contributed by atoms with Crippen LogP contribution in [0.3, 0.4) is 0 Å². The summed E-state index contributed by atoms with van der Waals surface area (Å²) in [5, 5.41) is 7.88. The van der Waals surface area contributed by atoms with Gasteiger partial charge in [-0.1, -0.05) is 0 Å². The monoisotopic (exact) mass is 643 g/mol. The average Bonchev–Trinajstić information content (AvgIpc) is 3.78. The van der Waals surface area contributed by atoms with E-state index in [-0.39, 0.29) is 60.8 Å². The van der Waals surface area contributed by atoms with Gasteiger partial charge in [0.25, 0.3) is 0 Å². The maximum atomic E-state index is 14.6. The maximum absolute atomic E-state index is 14.6. The molecule has 0 aliphatic carbocycles. The number of piperidine rings is 1. The number of nitrogens with zero attached hydrogens (tertiary/aromatic N) is 5. The number of aromatic nitrogens is 1. The minimum absolute atomic E-state index is 0.00712. The topological polar surface area (TPSA) is 137 Å². The van der Waals surface area contributed by atoms with E-state index in [4.69, 9.17) is 14.5 Å². The van der Waals surface area contributed by atoms with E-state index in [1.54, 1.807) is 26.0 Å². The average molecular weight is 644 g/mol. The van der Waals surface area contributed by atoms with E-state index in [2.05, 4.69) is 10.6 Å². The summed E-state index contributed by atoms with van der Waals surface area (Å²) in [7, 11) is 0. The lowest BCUT2D eigenvalue weighted by molar-refractivity contribution is -0.146. The molecule has 0 spiro atoms. The Hall–Kier alpha value is -2.81. The normalized spacial score (nSPS) is 31.8. The number of aryl methyl sites for hydroxylation is 1. The molecule has 4 atom stereocenters. The van der Waals surface area contributed by atoms with E-state index < -0.39 is 12.1 Å². The summed E-state index contributed by atoms with van der Waals surface area (Å²) < 4.78 is 11.0. The van der Waals surface area contributed by atoms with E-state index in [9.17, 15) is 19.2 Å². The van der Waals surface area contributed by atoms with Crippen LogP contribution in [0.4, 0.5) is 4.79 Å². The van der Waals surface area contributed by atoms with Gasteiger partial charge in [-0.2, -0.15) is 0 Å². The third-order valence-corrected chi connectivity index (χ3v) is 11.6. The number of carbonyl (C=O) groups excluding carboxylic acids is 4. The minimum atomic E-state index is -0.767. The molecule has 0 radical (unpaired) electrons. The molecular formula is C31H45N7O6S. The number of nitrogens with one attached hydrogen (secondary N) is 2. The number of urea groups is 1. The maximum Gasteiger partial charge on any atom is 0.320 e. The molecule has 5 fully saturated rings. The van der Waals surface area contributed by atoms with Crippen LogP contribution in [0.25, 0.3) is 0 Å². The second-order valence-electron chi connectivity index (χ2n) is 13.4. The first kappa shape index (κ1) is 30.8. The molecule has 8 rings (SSSR count). The van der Waals surface area contributed by atoms with Gasteiger partial charge < -0.3 is 39.7 Å². The van der Waals surface area contributed by atoms with Crippen LogP contribution in [0.2, 0.25) is 0 Å². The van der Waals surface area contributed by atoms with Crippen molar-refractivity contribution in [2.45, 2.75) is 88.0 Å². The molecule has 6 bridgehead atoms. The highest BCUT2D eigenvalue weighted by Gasteiger charge is 2.49.